The van der Waals surface area contributed by atoms with Crippen LogP contribution in [0, 0.1) is 13.8 Å². The topological polar surface area (TPSA) is 3.24 Å². The Morgan fingerprint density at radius 3 is 2.40 bits per heavy atom. The van der Waals surface area contributed by atoms with Crippen molar-refractivity contribution in [2.45, 2.75) is 40.3 Å². The van der Waals surface area contributed by atoms with E-state index < -0.39 is 0 Å². The number of nitrogens with zero attached hydrogens (tertiary/aromatic N) is 1. The van der Waals surface area contributed by atoms with Crippen molar-refractivity contribution in [3.8, 4) is 0 Å². The van der Waals surface area contributed by atoms with Gasteiger partial charge in [-0.3, -0.25) is 0 Å². The van der Waals surface area contributed by atoms with E-state index in [4.69, 9.17) is 0 Å². The van der Waals surface area contributed by atoms with Gasteiger partial charge in [-0.1, -0.05) is 12.6 Å². The number of aryl methyl sites for hydroxylation is 2. The van der Waals surface area contributed by atoms with Crippen LogP contribution < -0.4 is 0 Å². The highest BCUT2D eigenvalue weighted by Crippen LogP contribution is 2.34. The first kappa shape index (κ1) is 10.3. The maximum atomic E-state index is 4.19. The van der Waals surface area contributed by atoms with Crippen LogP contribution in [0.3, 0.4) is 0 Å². The molecule has 0 saturated heterocycles. The van der Waals surface area contributed by atoms with Crippen molar-refractivity contribution >= 4 is 5.70 Å². The van der Waals surface area contributed by atoms with Crippen molar-refractivity contribution in [1.29, 1.82) is 0 Å². The van der Waals surface area contributed by atoms with Crippen LogP contribution in [-0.4, -0.2) is 10.9 Å². The zero-order valence-electron chi connectivity index (χ0n) is 10.1. The van der Waals surface area contributed by atoms with Gasteiger partial charge in [0.05, 0.1) is 0 Å². The van der Waals surface area contributed by atoms with Crippen LogP contribution in [0.5, 0.6) is 0 Å². The summed E-state index contributed by atoms with van der Waals surface area (Å²) in [5.41, 5.74) is 6.69. The molecule has 0 unspecified atom stereocenters. The smallest absolute Gasteiger partial charge is 0.0439 e. The highest BCUT2D eigenvalue weighted by Gasteiger charge is 2.24. The second-order valence-electron chi connectivity index (χ2n) is 4.76. The van der Waals surface area contributed by atoms with Gasteiger partial charge < -0.3 is 4.90 Å². The van der Waals surface area contributed by atoms with Crippen LogP contribution in [0.2, 0.25) is 0 Å². The van der Waals surface area contributed by atoms with Gasteiger partial charge in [0.15, 0.2) is 0 Å². The summed E-state index contributed by atoms with van der Waals surface area (Å²) >= 11 is 0. The van der Waals surface area contributed by atoms with Crippen molar-refractivity contribution in [3.63, 3.8) is 0 Å². The largest absolute Gasteiger partial charge is 0.365 e. The van der Waals surface area contributed by atoms with Crippen LogP contribution in [0.1, 0.15) is 36.1 Å². The number of hydrogen-bond donors (Lipinski definition) is 0. The molecule has 1 nitrogen and oxygen atoms in total. The Morgan fingerprint density at radius 2 is 1.80 bits per heavy atom. The molecule has 1 heteroatoms. The predicted octanol–water partition coefficient (Wildman–Crippen LogP) is 3.50. The van der Waals surface area contributed by atoms with Crippen molar-refractivity contribution in [3.05, 3.63) is 41.0 Å². The Labute approximate surface area is 92.4 Å². The maximum absolute atomic E-state index is 4.19. The molecule has 0 spiro atoms. The summed E-state index contributed by atoms with van der Waals surface area (Å²) in [5.74, 6) is 0. The summed E-state index contributed by atoms with van der Waals surface area (Å²) in [6.45, 7) is 14.0. The summed E-state index contributed by atoms with van der Waals surface area (Å²) in [5, 5.41) is 0. The minimum atomic E-state index is 0.533. The first-order chi connectivity index (χ1) is 7.00. The molecule has 0 atom stereocenters. The second-order valence-corrected chi connectivity index (χ2v) is 4.76. The lowest BCUT2D eigenvalue weighted by Gasteiger charge is -2.23. The van der Waals surface area contributed by atoms with E-state index >= 15 is 0 Å². The Hall–Kier alpha value is -1.24. The van der Waals surface area contributed by atoms with Gasteiger partial charge in [-0.25, -0.2) is 0 Å². The minimum Gasteiger partial charge on any atom is -0.365 e. The number of benzene rings is 1. The summed E-state index contributed by atoms with van der Waals surface area (Å²) in [4.78, 5) is 2.36. The van der Waals surface area contributed by atoms with Crippen LogP contribution in [0.4, 0.5) is 0 Å². The van der Waals surface area contributed by atoms with Crippen molar-refractivity contribution in [2.24, 2.45) is 0 Å². The fraction of sp³-hybridized carbons (Fsp3) is 0.429. The lowest BCUT2D eigenvalue weighted by Crippen LogP contribution is -2.23. The number of fused-ring (bicyclic) bond motifs is 1. The van der Waals surface area contributed by atoms with Gasteiger partial charge >= 0.3 is 0 Å². The summed E-state index contributed by atoms with van der Waals surface area (Å²) in [7, 11) is 0. The van der Waals surface area contributed by atoms with Gasteiger partial charge in [-0.15, -0.1) is 0 Å². The molecule has 0 aliphatic carbocycles. The second kappa shape index (κ2) is 3.41. The molecule has 1 heterocycles. The molecular formula is C14H19N. The lowest BCUT2D eigenvalue weighted by atomic mass is 10.0. The van der Waals surface area contributed by atoms with E-state index in [2.05, 4.69) is 51.3 Å². The molecule has 0 radical (unpaired) electrons. The highest BCUT2D eigenvalue weighted by atomic mass is 15.2. The molecule has 0 amide bonds. The number of hydrogen-bond acceptors (Lipinski definition) is 1. The van der Waals surface area contributed by atoms with Gasteiger partial charge in [-0.05, 0) is 50.5 Å². The van der Waals surface area contributed by atoms with E-state index in [-0.39, 0.29) is 0 Å². The molecule has 2 rings (SSSR count). The molecule has 1 aliphatic rings. The molecule has 0 aromatic heterocycles. The Kier molecular flexibility index (Phi) is 2.34. The van der Waals surface area contributed by atoms with E-state index in [1.165, 1.54) is 28.0 Å². The Balaban J connectivity index is 2.46. The van der Waals surface area contributed by atoms with E-state index in [1.54, 1.807) is 0 Å². The molecule has 1 aromatic rings. The summed E-state index contributed by atoms with van der Waals surface area (Å²) in [6.07, 6.45) is 0. The molecule has 0 bridgehead atoms. The zero-order chi connectivity index (χ0) is 11.2. The van der Waals surface area contributed by atoms with Crippen LogP contribution >= 0.6 is 0 Å². The monoisotopic (exact) mass is 201 g/mol. The van der Waals surface area contributed by atoms with Crippen LogP contribution in [-0.2, 0) is 6.54 Å². The van der Waals surface area contributed by atoms with Gasteiger partial charge in [0.25, 0.3) is 0 Å². The maximum Gasteiger partial charge on any atom is 0.0439 e. The quantitative estimate of drug-likeness (QED) is 0.672. The van der Waals surface area contributed by atoms with Crippen molar-refractivity contribution < 1.29 is 0 Å². The first-order valence-electron chi connectivity index (χ1n) is 5.56. The SMILES string of the molecule is C=C1c2cc(C)c(C)cc2CN1C(C)C. The third-order valence-corrected chi connectivity index (χ3v) is 3.34. The Bertz CT molecular complexity index is 416. The van der Waals surface area contributed by atoms with E-state index in [0.29, 0.717) is 6.04 Å². The van der Waals surface area contributed by atoms with Crippen molar-refractivity contribution in [1.82, 2.24) is 4.90 Å². The average molecular weight is 201 g/mol. The molecule has 1 aliphatic heterocycles. The highest BCUT2D eigenvalue weighted by molar-refractivity contribution is 5.70. The third kappa shape index (κ3) is 1.56. The fourth-order valence-electron chi connectivity index (χ4n) is 2.20. The average Bonchev–Trinajstić information content (AvgIpc) is 2.46. The number of rotatable bonds is 1. The molecule has 80 valence electrons. The van der Waals surface area contributed by atoms with Gasteiger partial charge in [0.1, 0.15) is 0 Å². The van der Waals surface area contributed by atoms with Gasteiger partial charge in [0, 0.05) is 23.8 Å². The van der Waals surface area contributed by atoms with E-state index in [0.717, 1.165) is 6.54 Å². The predicted molar refractivity (Wildman–Crippen MR) is 65.6 cm³/mol. The molecular weight excluding hydrogens is 182 g/mol. The van der Waals surface area contributed by atoms with Gasteiger partial charge in [0.2, 0.25) is 0 Å². The Morgan fingerprint density at radius 1 is 1.20 bits per heavy atom. The summed E-state index contributed by atoms with van der Waals surface area (Å²) in [6, 6.07) is 5.11. The molecule has 0 N–H and O–H groups in total. The normalized spacial score (nSPS) is 15.0. The van der Waals surface area contributed by atoms with Crippen LogP contribution in [0.15, 0.2) is 18.7 Å². The van der Waals surface area contributed by atoms with Crippen LogP contribution in [0.25, 0.3) is 5.70 Å². The zero-order valence-corrected chi connectivity index (χ0v) is 10.1. The first-order valence-corrected chi connectivity index (χ1v) is 5.56. The molecule has 1 aromatic carbocycles. The van der Waals surface area contributed by atoms with E-state index in [9.17, 15) is 0 Å². The fourth-order valence-corrected chi connectivity index (χ4v) is 2.20. The van der Waals surface area contributed by atoms with Gasteiger partial charge in [-0.2, -0.15) is 0 Å². The molecule has 0 saturated carbocycles. The summed E-state index contributed by atoms with van der Waals surface area (Å²) < 4.78 is 0. The van der Waals surface area contributed by atoms with Crippen molar-refractivity contribution in [2.75, 3.05) is 0 Å². The standard InChI is InChI=1S/C14H19N/c1-9(2)15-8-13-6-10(3)11(4)7-14(13)12(15)5/h6-7,9H,5,8H2,1-4H3. The third-order valence-electron chi connectivity index (χ3n) is 3.34. The lowest BCUT2D eigenvalue weighted by molar-refractivity contribution is 0.339. The molecule has 0 fully saturated rings. The molecule has 15 heavy (non-hydrogen) atoms. The minimum absolute atomic E-state index is 0.533. The van der Waals surface area contributed by atoms with E-state index in [1.807, 2.05) is 0 Å².